The van der Waals surface area contributed by atoms with E-state index in [2.05, 4.69) is 10.5 Å². The van der Waals surface area contributed by atoms with E-state index >= 15 is 0 Å². The number of hydrogen-bond donors (Lipinski definition) is 1. The summed E-state index contributed by atoms with van der Waals surface area (Å²) in [6.45, 7) is 0. The van der Waals surface area contributed by atoms with Crippen LogP contribution in [0, 0.1) is 0 Å². The minimum Gasteiger partial charge on any atom is -0.324 e. The van der Waals surface area contributed by atoms with E-state index in [1.807, 2.05) is 102 Å². The largest absolute Gasteiger partial charge is 0.324 e. The van der Waals surface area contributed by atoms with Crippen LogP contribution < -0.4 is 5.43 Å². The molecule has 1 amide bonds. The molecule has 0 aliphatic rings. The third-order valence-electron chi connectivity index (χ3n) is 4.40. The van der Waals surface area contributed by atoms with E-state index in [4.69, 9.17) is 0 Å². The average molecular weight is 365 g/mol. The number of amides is 1. The molecule has 0 saturated heterocycles. The summed E-state index contributed by atoms with van der Waals surface area (Å²) in [5, 5.41) is 4.42. The van der Waals surface area contributed by atoms with Crippen LogP contribution in [0.15, 0.2) is 115 Å². The standard InChI is InChI=1S/C24H19N3O/c28-24(21-13-15-22(16-14-21)27-17-7-8-18-27)26-25-23(19-9-3-1-4-10-19)20-11-5-2-6-12-20/h1-18H,(H,26,28). The van der Waals surface area contributed by atoms with Crippen molar-refractivity contribution in [3.8, 4) is 5.69 Å². The summed E-state index contributed by atoms with van der Waals surface area (Å²) in [6, 6.07) is 31.0. The van der Waals surface area contributed by atoms with Gasteiger partial charge in [0.2, 0.25) is 0 Å². The second kappa shape index (κ2) is 8.18. The number of aromatic nitrogens is 1. The van der Waals surface area contributed by atoms with Gasteiger partial charge in [-0.1, -0.05) is 60.7 Å². The second-order valence-corrected chi connectivity index (χ2v) is 6.27. The number of carbonyl (C=O) groups excluding carboxylic acids is 1. The van der Waals surface area contributed by atoms with E-state index in [0.29, 0.717) is 5.56 Å². The topological polar surface area (TPSA) is 46.4 Å². The maximum Gasteiger partial charge on any atom is 0.271 e. The van der Waals surface area contributed by atoms with E-state index in [1.165, 1.54) is 0 Å². The van der Waals surface area contributed by atoms with Crippen molar-refractivity contribution in [2.24, 2.45) is 5.10 Å². The first kappa shape index (κ1) is 17.5. The molecule has 4 heteroatoms. The number of nitrogens with zero attached hydrogens (tertiary/aromatic N) is 2. The molecule has 0 aliphatic carbocycles. The second-order valence-electron chi connectivity index (χ2n) is 6.27. The predicted molar refractivity (Wildman–Crippen MR) is 112 cm³/mol. The number of benzene rings is 3. The van der Waals surface area contributed by atoms with Gasteiger partial charge in [-0.05, 0) is 36.4 Å². The van der Waals surface area contributed by atoms with Crippen LogP contribution in [0.3, 0.4) is 0 Å². The van der Waals surface area contributed by atoms with Crippen molar-refractivity contribution in [3.63, 3.8) is 0 Å². The van der Waals surface area contributed by atoms with Crippen LogP contribution in [-0.2, 0) is 0 Å². The Balaban J connectivity index is 1.57. The maximum atomic E-state index is 12.6. The Kier molecular flexibility index (Phi) is 5.11. The highest BCUT2D eigenvalue weighted by Crippen LogP contribution is 2.12. The van der Waals surface area contributed by atoms with Crippen LogP contribution in [0.4, 0.5) is 0 Å². The van der Waals surface area contributed by atoms with Crippen molar-refractivity contribution < 1.29 is 4.79 Å². The fraction of sp³-hybridized carbons (Fsp3) is 0. The Morgan fingerprint density at radius 3 is 1.71 bits per heavy atom. The molecule has 0 spiro atoms. The normalized spacial score (nSPS) is 10.3. The highest BCUT2D eigenvalue weighted by atomic mass is 16.2. The van der Waals surface area contributed by atoms with Crippen LogP contribution in [-0.4, -0.2) is 16.2 Å². The van der Waals surface area contributed by atoms with Gasteiger partial charge in [0, 0.05) is 34.8 Å². The van der Waals surface area contributed by atoms with Gasteiger partial charge in [-0.2, -0.15) is 5.10 Å². The summed E-state index contributed by atoms with van der Waals surface area (Å²) in [7, 11) is 0. The van der Waals surface area contributed by atoms with Crippen LogP contribution in [0.1, 0.15) is 21.5 Å². The maximum absolute atomic E-state index is 12.6. The molecule has 4 rings (SSSR count). The van der Waals surface area contributed by atoms with Crippen molar-refractivity contribution in [1.82, 2.24) is 9.99 Å². The highest BCUT2D eigenvalue weighted by molar-refractivity contribution is 6.13. The van der Waals surface area contributed by atoms with Gasteiger partial charge < -0.3 is 4.57 Å². The number of hydrazone groups is 1. The zero-order valence-electron chi connectivity index (χ0n) is 15.2. The molecule has 4 nitrogen and oxygen atoms in total. The van der Waals surface area contributed by atoms with Gasteiger partial charge in [0.15, 0.2) is 0 Å². The minimum absolute atomic E-state index is 0.247. The van der Waals surface area contributed by atoms with E-state index in [-0.39, 0.29) is 5.91 Å². The third-order valence-corrected chi connectivity index (χ3v) is 4.40. The molecule has 1 heterocycles. The van der Waals surface area contributed by atoms with Crippen molar-refractivity contribution >= 4 is 11.6 Å². The minimum atomic E-state index is -0.247. The zero-order chi connectivity index (χ0) is 19.2. The smallest absolute Gasteiger partial charge is 0.271 e. The van der Waals surface area contributed by atoms with Gasteiger partial charge in [-0.25, -0.2) is 5.43 Å². The van der Waals surface area contributed by atoms with Gasteiger partial charge in [-0.3, -0.25) is 4.79 Å². The van der Waals surface area contributed by atoms with Gasteiger partial charge in [0.25, 0.3) is 5.91 Å². The molecule has 28 heavy (non-hydrogen) atoms. The lowest BCUT2D eigenvalue weighted by Gasteiger charge is -2.08. The lowest BCUT2D eigenvalue weighted by atomic mass is 10.0. The fourth-order valence-corrected chi connectivity index (χ4v) is 2.95. The van der Waals surface area contributed by atoms with Crippen LogP contribution >= 0.6 is 0 Å². The molecule has 136 valence electrons. The number of hydrogen-bond acceptors (Lipinski definition) is 2. The Labute approximate surface area is 163 Å². The number of carbonyl (C=O) groups is 1. The van der Waals surface area contributed by atoms with Gasteiger partial charge in [-0.15, -0.1) is 0 Å². The van der Waals surface area contributed by atoms with Crippen LogP contribution in [0.2, 0.25) is 0 Å². The van der Waals surface area contributed by atoms with Gasteiger partial charge >= 0.3 is 0 Å². The Hall–Kier alpha value is -3.92. The van der Waals surface area contributed by atoms with E-state index in [9.17, 15) is 4.79 Å². The van der Waals surface area contributed by atoms with E-state index in [1.54, 1.807) is 12.1 Å². The quantitative estimate of drug-likeness (QED) is 0.406. The number of nitrogens with one attached hydrogen (secondary N) is 1. The molecular weight excluding hydrogens is 346 g/mol. The Bertz CT molecular complexity index is 1030. The Morgan fingerprint density at radius 1 is 0.643 bits per heavy atom. The molecule has 1 N–H and O–H groups in total. The predicted octanol–water partition coefficient (Wildman–Crippen LogP) is 4.66. The monoisotopic (exact) mass is 365 g/mol. The summed E-state index contributed by atoms with van der Waals surface area (Å²) in [4.78, 5) is 12.6. The average Bonchev–Trinajstić information content (AvgIpc) is 3.30. The Morgan fingerprint density at radius 2 is 1.18 bits per heavy atom. The molecule has 4 aromatic rings. The van der Waals surface area contributed by atoms with E-state index in [0.717, 1.165) is 22.5 Å². The molecule has 0 unspecified atom stereocenters. The third kappa shape index (κ3) is 3.91. The molecule has 0 bridgehead atoms. The first-order chi connectivity index (χ1) is 13.8. The molecule has 0 aliphatic heterocycles. The van der Waals surface area contributed by atoms with Crippen molar-refractivity contribution in [1.29, 1.82) is 0 Å². The molecule has 0 saturated carbocycles. The summed E-state index contributed by atoms with van der Waals surface area (Å²) in [6.07, 6.45) is 3.93. The van der Waals surface area contributed by atoms with E-state index < -0.39 is 0 Å². The molecule has 0 atom stereocenters. The SMILES string of the molecule is O=C(NN=C(c1ccccc1)c1ccccc1)c1ccc(-n2cccc2)cc1. The molecule has 0 radical (unpaired) electrons. The first-order valence-corrected chi connectivity index (χ1v) is 9.03. The molecular formula is C24H19N3O. The van der Waals surface area contributed by atoms with Gasteiger partial charge in [0.05, 0.1) is 5.71 Å². The van der Waals surface area contributed by atoms with Crippen LogP contribution in [0.5, 0.6) is 0 Å². The molecule has 0 fully saturated rings. The summed E-state index contributed by atoms with van der Waals surface area (Å²) in [5.41, 5.74) is 6.85. The zero-order valence-corrected chi connectivity index (χ0v) is 15.2. The highest BCUT2D eigenvalue weighted by Gasteiger charge is 2.09. The fourth-order valence-electron chi connectivity index (χ4n) is 2.95. The van der Waals surface area contributed by atoms with Crippen molar-refractivity contribution in [2.75, 3.05) is 0 Å². The lowest BCUT2D eigenvalue weighted by Crippen LogP contribution is -2.20. The van der Waals surface area contributed by atoms with Crippen molar-refractivity contribution in [2.45, 2.75) is 0 Å². The van der Waals surface area contributed by atoms with Gasteiger partial charge in [0.1, 0.15) is 0 Å². The summed E-state index contributed by atoms with van der Waals surface area (Å²) >= 11 is 0. The van der Waals surface area contributed by atoms with Crippen molar-refractivity contribution in [3.05, 3.63) is 126 Å². The molecule has 1 aromatic heterocycles. The number of rotatable bonds is 5. The summed E-state index contributed by atoms with van der Waals surface area (Å²) in [5.74, 6) is -0.247. The molecule has 3 aromatic carbocycles. The lowest BCUT2D eigenvalue weighted by molar-refractivity contribution is 0.0955. The van der Waals surface area contributed by atoms with Crippen LogP contribution in [0.25, 0.3) is 5.69 Å². The first-order valence-electron chi connectivity index (χ1n) is 9.03. The summed E-state index contributed by atoms with van der Waals surface area (Å²) < 4.78 is 1.99.